The highest BCUT2D eigenvalue weighted by atomic mass is 16.4. The summed E-state index contributed by atoms with van der Waals surface area (Å²) < 4.78 is 0. The number of nitrogens with zero attached hydrogens (tertiary/aromatic N) is 1. The van der Waals surface area contributed by atoms with Gasteiger partial charge in [0, 0.05) is 31.4 Å². The third-order valence-corrected chi connectivity index (χ3v) is 2.33. The summed E-state index contributed by atoms with van der Waals surface area (Å²) in [5.41, 5.74) is 5.81. The molecule has 1 aromatic heterocycles. The van der Waals surface area contributed by atoms with E-state index in [1.807, 2.05) is 0 Å². The van der Waals surface area contributed by atoms with Crippen molar-refractivity contribution in [1.82, 2.24) is 10.3 Å². The number of hydrogen-bond donors (Lipinski definition) is 3. The Hall–Kier alpha value is -2.70. The van der Waals surface area contributed by atoms with Crippen LogP contribution in [-0.4, -0.2) is 34.4 Å². The Kier molecular flexibility index (Phi) is 5.89. The van der Waals surface area contributed by atoms with Crippen LogP contribution in [0.1, 0.15) is 28.8 Å². The molecule has 0 saturated carbocycles. The number of hydrogen-bond acceptors (Lipinski definition) is 4. The summed E-state index contributed by atoms with van der Waals surface area (Å²) in [7, 11) is 0. The number of aromatic nitrogens is 1. The largest absolute Gasteiger partial charge is 0.478 e. The molecule has 0 radical (unpaired) electrons. The summed E-state index contributed by atoms with van der Waals surface area (Å²) in [6, 6.07) is 1.52. The first-order valence-electron chi connectivity index (χ1n) is 5.91. The third-order valence-electron chi connectivity index (χ3n) is 2.33. The van der Waals surface area contributed by atoms with E-state index in [-0.39, 0.29) is 12.3 Å². The molecule has 2 amide bonds. The SMILES string of the molecule is NC(=O)CCCNC(=O)c1cncc(C=CC(=O)O)c1. The number of carboxylic acids is 1. The summed E-state index contributed by atoms with van der Waals surface area (Å²) in [5, 5.41) is 11.1. The zero-order valence-electron chi connectivity index (χ0n) is 10.7. The smallest absolute Gasteiger partial charge is 0.328 e. The lowest BCUT2D eigenvalue weighted by Crippen LogP contribution is -2.25. The Labute approximate surface area is 115 Å². The minimum atomic E-state index is -1.08. The molecule has 0 aromatic carbocycles. The molecule has 0 saturated heterocycles. The third kappa shape index (κ3) is 5.76. The van der Waals surface area contributed by atoms with E-state index in [0.717, 1.165) is 6.08 Å². The predicted octanol–water partition coefficient (Wildman–Crippen LogP) is 0.175. The molecule has 0 aliphatic carbocycles. The van der Waals surface area contributed by atoms with Gasteiger partial charge < -0.3 is 16.2 Å². The normalized spacial score (nSPS) is 10.4. The maximum atomic E-state index is 11.8. The monoisotopic (exact) mass is 277 g/mol. The van der Waals surface area contributed by atoms with Gasteiger partial charge in [-0.1, -0.05) is 0 Å². The van der Waals surface area contributed by atoms with Gasteiger partial charge in [0.25, 0.3) is 5.91 Å². The van der Waals surface area contributed by atoms with Gasteiger partial charge in [-0.3, -0.25) is 14.6 Å². The van der Waals surface area contributed by atoms with E-state index in [1.165, 1.54) is 24.5 Å². The molecule has 0 bridgehead atoms. The quantitative estimate of drug-likeness (QED) is 0.484. The number of amides is 2. The van der Waals surface area contributed by atoms with Crippen LogP contribution in [0.5, 0.6) is 0 Å². The van der Waals surface area contributed by atoms with Crippen LogP contribution >= 0.6 is 0 Å². The Bertz CT molecular complexity index is 540. The van der Waals surface area contributed by atoms with Crippen LogP contribution in [-0.2, 0) is 9.59 Å². The van der Waals surface area contributed by atoms with Crippen molar-refractivity contribution < 1.29 is 19.5 Å². The summed E-state index contributed by atoms with van der Waals surface area (Å²) >= 11 is 0. The second kappa shape index (κ2) is 7.67. The number of primary amides is 1. The molecule has 0 atom stereocenters. The van der Waals surface area contributed by atoms with Gasteiger partial charge in [0.1, 0.15) is 0 Å². The van der Waals surface area contributed by atoms with Crippen molar-refractivity contribution in [2.75, 3.05) is 6.54 Å². The molecular formula is C13H15N3O4. The minimum Gasteiger partial charge on any atom is -0.478 e. The molecule has 7 nitrogen and oxygen atoms in total. The molecule has 0 spiro atoms. The summed E-state index contributed by atoms with van der Waals surface area (Å²) in [4.78, 5) is 36.6. The van der Waals surface area contributed by atoms with E-state index >= 15 is 0 Å². The first-order chi connectivity index (χ1) is 9.49. The van der Waals surface area contributed by atoms with Crippen LogP contribution in [0.3, 0.4) is 0 Å². The van der Waals surface area contributed by atoms with Gasteiger partial charge in [0.2, 0.25) is 5.91 Å². The van der Waals surface area contributed by atoms with E-state index in [4.69, 9.17) is 10.8 Å². The highest BCUT2D eigenvalue weighted by Crippen LogP contribution is 2.05. The van der Waals surface area contributed by atoms with Crippen molar-refractivity contribution in [3.63, 3.8) is 0 Å². The van der Waals surface area contributed by atoms with Gasteiger partial charge >= 0.3 is 5.97 Å². The van der Waals surface area contributed by atoms with Crippen LogP contribution in [0.25, 0.3) is 6.08 Å². The van der Waals surface area contributed by atoms with Gasteiger partial charge in [0.15, 0.2) is 0 Å². The fourth-order valence-corrected chi connectivity index (χ4v) is 1.41. The molecule has 0 fully saturated rings. The molecule has 1 heterocycles. The molecule has 1 aromatic rings. The van der Waals surface area contributed by atoms with Gasteiger partial charge in [-0.05, 0) is 24.1 Å². The second-order valence-electron chi connectivity index (χ2n) is 4.00. The van der Waals surface area contributed by atoms with Crippen LogP contribution in [0.2, 0.25) is 0 Å². The number of nitrogens with two attached hydrogens (primary N) is 1. The lowest BCUT2D eigenvalue weighted by atomic mass is 10.2. The summed E-state index contributed by atoms with van der Waals surface area (Å²) in [6.07, 6.45) is 5.81. The van der Waals surface area contributed by atoms with Gasteiger partial charge in [0.05, 0.1) is 5.56 Å². The minimum absolute atomic E-state index is 0.208. The number of carboxylic acid groups (broad SMARTS) is 1. The predicted molar refractivity (Wildman–Crippen MR) is 71.7 cm³/mol. The van der Waals surface area contributed by atoms with Crippen molar-refractivity contribution in [2.45, 2.75) is 12.8 Å². The van der Waals surface area contributed by atoms with Gasteiger partial charge in [-0.2, -0.15) is 0 Å². The van der Waals surface area contributed by atoms with E-state index in [2.05, 4.69) is 10.3 Å². The molecule has 0 aliphatic rings. The fourth-order valence-electron chi connectivity index (χ4n) is 1.41. The molecule has 7 heteroatoms. The molecule has 106 valence electrons. The van der Waals surface area contributed by atoms with Crippen LogP contribution in [0.4, 0.5) is 0 Å². The molecule has 1 rings (SSSR count). The van der Waals surface area contributed by atoms with E-state index in [1.54, 1.807) is 0 Å². The maximum absolute atomic E-state index is 11.8. The van der Waals surface area contributed by atoms with Crippen molar-refractivity contribution >= 4 is 23.9 Å². The highest BCUT2D eigenvalue weighted by molar-refractivity contribution is 5.94. The number of carbonyl (C=O) groups excluding carboxylic acids is 2. The lowest BCUT2D eigenvalue weighted by molar-refractivity contribution is -0.131. The number of rotatable bonds is 7. The summed E-state index contributed by atoms with van der Waals surface area (Å²) in [5.74, 6) is -1.83. The van der Waals surface area contributed by atoms with Crippen LogP contribution < -0.4 is 11.1 Å². The Morgan fingerprint density at radius 1 is 1.35 bits per heavy atom. The van der Waals surface area contributed by atoms with Crippen molar-refractivity contribution in [1.29, 1.82) is 0 Å². The number of pyridine rings is 1. The van der Waals surface area contributed by atoms with Crippen molar-refractivity contribution in [2.24, 2.45) is 5.73 Å². The molecule has 0 aliphatic heterocycles. The number of carbonyl (C=O) groups is 3. The Morgan fingerprint density at radius 2 is 2.10 bits per heavy atom. The molecule has 4 N–H and O–H groups in total. The zero-order chi connectivity index (χ0) is 15.0. The maximum Gasteiger partial charge on any atom is 0.328 e. The fraction of sp³-hybridized carbons (Fsp3) is 0.231. The van der Waals surface area contributed by atoms with Crippen LogP contribution in [0, 0.1) is 0 Å². The zero-order valence-corrected chi connectivity index (χ0v) is 10.7. The van der Waals surface area contributed by atoms with Crippen molar-refractivity contribution in [3.8, 4) is 0 Å². The number of aliphatic carboxylic acids is 1. The standard InChI is InChI=1S/C13H15N3O4/c14-11(17)2-1-5-16-13(20)10-6-9(7-15-8-10)3-4-12(18)19/h3-4,6-8H,1-2,5H2,(H2,14,17)(H,16,20)(H,18,19). The van der Waals surface area contributed by atoms with E-state index < -0.39 is 11.9 Å². The first kappa shape index (κ1) is 15.4. The Balaban J connectivity index is 2.57. The molecule has 0 unspecified atom stereocenters. The number of nitrogens with one attached hydrogen (secondary N) is 1. The van der Waals surface area contributed by atoms with E-state index in [0.29, 0.717) is 24.1 Å². The highest BCUT2D eigenvalue weighted by Gasteiger charge is 2.06. The second-order valence-corrected chi connectivity index (χ2v) is 4.00. The topological polar surface area (TPSA) is 122 Å². The Morgan fingerprint density at radius 3 is 2.75 bits per heavy atom. The molecule has 20 heavy (non-hydrogen) atoms. The van der Waals surface area contributed by atoms with Crippen LogP contribution in [0.15, 0.2) is 24.5 Å². The van der Waals surface area contributed by atoms with Crippen molar-refractivity contribution in [3.05, 3.63) is 35.7 Å². The summed E-state index contributed by atoms with van der Waals surface area (Å²) in [6.45, 7) is 0.330. The molecular weight excluding hydrogens is 262 g/mol. The van der Waals surface area contributed by atoms with Gasteiger partial charge in [-0.25, -0.2) is 4.79 Å². The lowest BCUT2D eigenvalue weighted by Gasteiger charge is -2.04. The van der Waals surface area contributed by atoms with E-state index in [9.17, 15) is 14.4 Å². The van der Waals surface area contributed by atoms with Gasteiger partial charge in [-0.15, -0.1) is 0 Å². The average molecular weight is 277 g/mol. The average Bonchev–Trinajstić information content (AvgIpc) is 2.41. The first-order valence-corrected chi connectivity index (χ1v) is 5.91.